The number of anilines is 1. The third-order valence-electron chi connectivity index (χ3n) is 4.59. The van der Waals surface area contributed by atoms with Crippen LogP contribution in [-0.4, -0.2) is 45.3 Å². The number of thioether (sulfide) groups is 1. The Morgan fingerprint density at radius 1 is 1.22 bits per heavy atom. The molecule has 0 saturated carbocycles. The highest BCUT2D eigenvalue weighted by atomic mass is 32.2. The lowest BCUT2D eigenvalue weighted by atomic mass is 10.2. The highest BCUT2D eigenvalue weighted by molar-refractivity contribution is 8.14. The molecule has 9 nitrogen and oxygen atoms in total. The van der Waals surface area contributed by atoms with Gasteiger partial charge >= 0.3 is 0 Å². The molecule has 1 aliphatic heterocycles. The van der Waals surface area contributed by atoms with Crippen LogP contribution >= 0.6 is 11.8 Å². The van der Waals surface area contributed by atoms with Crippen molar-refractivity contribution in [3.05, 3.63) is 48.0 Å². The fraction of sp³-hybridized carbons (Fsp3) is 0.273. The Kier molecular flexibility index (Phi) is 7.72. The van der Waals surface area contributed by atoms with Crippen molar-refractivity contribution in [2.45, 2.75) is 31.4 Å². The zero-order valence-corrected chi connectivity index (χ0v) is 18.3. The number of rotatable bonds is 8. The van der Waals surface area contributed by atoms with E-state index >= 15 is 0 Å². The highest BCUT2D eigenvalue weighted by Crippen LogP contribution is 2.31. The molecule has 32 heavy (non-hydrogen) atoms. The normalized spacial score (nSPS) is 16.8. The standard InChI is InChI=1S/C22H24N4O5S/c1-2-3-10-31-16-7-5-15(6-8-16)26-20(29)12-19(21(26)30)32-22(23)25-24-13-14-4-9-17(27)18(28)11-14/h4-9,11,13,19,27-28H,2-3,10,12H2,1H3,(H2,23,25)/b24-13-/t19-/m0/s1. The van der Waals surface area contributed by atoms with E-state index in [1.807, 2.05) is 0 Å². The number of imide groups is 1. The van der Waals surface area contributed by atoms with Gasteiger partial charge < -0.3 is 20.7 Å². The number of amides is 2. The number of carbonyl (C=O) groups excluding carboxylic acids is 2. The molecule has 3 rings (SSSR count). The van der Waals surface area contributed by atoms with Gasteiger partial charge in [0, 0.05) is 6.42 Å². The van der Waals surface area contributed by atoms with Crippen molar-refractivity contribution >= 4 is 40.6 Å². The molecule has 2 aromatic rings. The average molecular weight is 457 g/mol. The van der Waals surface area contributed by atoms with Gasteiger partial charge in [-0.2, -0.15) is 5.10 Å². The summed E-state index contributed by atoms with van der Waals surface area (Å²) in [5.41, 5.74) is 6.83. The second-order valence-electron chi connectivity index (χ2n) is 7.00. The van der Waals surface area contributed by atoms with Gasteiger partial charge in [0.15, 0.2) is 16.7 Å². The van der Waals surface area contributed by atoms with Crippen LogP contribution in [0.2, 0.25) is 0 Å². The van der Waals surface area contributed by atoms with Crippen LogP contribution in [0.4, 0.5) is 5.69 Å². The van der Waals surface area contributed by atoms with Crippen molar-refractivity contribution in [1.82, 2.24) is 0 Å². The molecule has 1 heterocycles. The average Bonchev–Trinajstić information content (AvgIpc) is 3.04. The Balaban J connectivity index is 1.60. The molecule has 2 aromatic carbocycles. The quantitative estimate of drug-likeness (QED) is 0.139. The molecule has 2 amide bonds. The van der Waals surface area contributed by atoms with E-state index in [0.717, 1.165) is 29.5 Å². The van der Waals surface area contributed by atoms with Gasteiger partial charge in [-0.3, -0.25) is 9.59 Å². The van der Waals surface area contributed by atoms with E-state index in [4.69, 9.17) is 10.5 Å². The summed E-state index contributed by atoms with van der Waals surface area (Å²) in [7, 11) is 0. The Hall–Kier alpha value is -3.53. The molecule has 0 bridgehead atoms. The minimum absolute atomic E-state index is 0.00399. The van der Waals surface area contributed by atoms with E-state index in [0.29, 0.717) is 23.6 Å². The first-order chi connectivity index (χ1) is 15.4. The third-order valence-corrected chi connectivity index (χ3v) is 5.57. The lowest BCUT2D eigenvalue weighted by molar-refractivity contribution is -0.121. The molecule has 1 fully saturated rings. The fourth-order valence-electron chi connectivity index (χ4n) is 2.94. The van der Waals surface area contributed by atoms with Gasteiger partial charge in [0.05, 0.1) is 18.5 Å². The van der Waals surface area contributed by atoms with Crippen LogP contribution in [0, 0.1) is 0 Å². The highest BCUT2D eigenvalue weighted by Gasteiger charge is 2.40. The second kappa shape index (κ2) is 10.7. The lowest BCUT2D eigenvalue weighted by Gasteiger charge is -2.15. The molecule has 4 N–H and O–H groups in total. The molecule has 1 saturated heterocycles. The molecule has 0 spiro atoms. The molecule has 168 valence electrons. The largest absolute Gasteiger partial charge is 0.504 e. The molecule has 0 aliphatic carbocycles. The molecule has 0 aromatic heterocycles. The number of phenols is 2. The van der Waals surface area contributed by atoms with Crippen LogP contribution in [0.3, 0.4) is 0 Å². The second-order valence-corrected chi connectivity index (χ2v) is 8.23. The molecule has 0 unspecified atom stereocenters. The summed E-state index contributed by atoms with van der Waals surface area (Å²) in [6, 6.07) is 11.0. The predicted octanol–water partition coefficient (Wildman–Crippen LogP) is 2.99. The minimum Gasteiger partial charge on any atom is -0.504 e. The zero-order valence-electron chi connectivity index (χ0n) is 17.5. The number of aromatic hydroxyl groups is 2. The zero-order chi connectivity index (χ0) is 23.1. The number of nitrogens with two attached hydrogens (primary N) is 1. The van der Waals surface area contributed by atoms with Gasteiger partial charge in [-0.05, 0) is 54.4 Å². The topological polar surface area (TPSA) is 138 Å². The van der Waals surface area contributed by atoms with Crippen LogP contribution in [0.25, 0.3) is 0 Å². The number of amidine groups is 1. The van der Waals surface area contributed by atoms with Gasteiger partial charge in [0.25, 0.3) is 0 Å². The van der Waals surface area contributed by atoms with E-state index < -0.39 is 5.25 Å². The van der Waals surface area contributed by atoms with E-state index in [1.165, 1.54) is 24.4 Å². The summed E-state index contributed by atoms with van der Waals surface area (Å²) in [5, 5.41) is 25.8. The maximum atomic E-state index is 12.8. The summed E-state index contributed by atoms with van der Waals surface area (Å²) in [5.74, 6) is -0.527. The number of hydrogen-bond acceptors (Lipinski definition) is 8. The summed E-state index contributed by atoms with van der Waals surface area (Å²) in [4.78, 5) is 26.3. The first kappa shape index (κ1) is 23.1. The molecular weight excluding hydrogens is 432 g/mol. The molecule has 1 aliphatic rings. The van der Waals surface area contributed by atoms with Crippen LogP contribution in [0.5, 0.6) is 17.2 Å². The third kappa shape index (κ3) is 5.79. The van der Waals surface area contributed by atoms with E-state index in [9.17, 15) is 19.8 Å². The van der Waals surface area contributed by atoms with Crippen molar-refractivity contribution in [2.75, 3.05) is 11.5 Å². The monoisotopic (exact) mass is 456 g/mol. The van der Waals surface area contributed by atoms with E-state index in [-0.39, 0.29) is 34.9 Å². The number of carbonyl (C=O) groups is 2. The Morgan fingerprint density at radius 3 is 2.66 bits per heavy atom. The first-order valence-corrected chi connectivity index (χ1v) is 10.9. The number of ether oxygens (including phenoxy) is 1. The van der Waals surface area contributed by atoms with Crippen LogP contribution in [0.1, 0.15) is 31.7 Å². The number of hydrogen-bond donors (Lipinski definition) is 3. The van der Waals surface area contributed by atoms with Gasteiger partial charge in [-0.25, -0.2) is 4.90 Å². The molecule has 1 atom stereocenters. The summed E-state index contributed by atoms with van der Waals surface area (Å²) < 4.78 is 5.61. The Labute approximate surface area is 189 Å². The summed E-state index contributed by atoms with van der Waals surface area (Å²) in [6.45, 7) is 2.70. The minimum atomic E-state index is -0.695. The van der Waals surface area contributed by atoms with Gasteiger partial charge in [-0.1, -0.05) is 25.1 Å². The SMILES string of the molecule is CCCCOc1ccc(N2C(=O)C[C@H](SC(N)=N/N=C\c3ccc(O)c(O)c3)C2=O)cc1. The molecule has 10 heteroatoms. The van der Waals surface area contributed by atoms with Crippen molar-refractivity contribution in [1.29, 1.82) is 0 Å². The van der Waals surface area contributed by atoms with Gasteiger partial charge in [0.1, 0.15) is 11.0 Å². The van der Waals surface area contributed by atoms with Gasteiger partial charge in [-0.15, -0.1) is 5.10 Å². The number of phenolic OH excluding ortho intramolecular Hbond substituents is 2. The number of unbranched alkanes of at least 4 members (excludes halogenated alkanes) is 1. The fourth-order valence-corrected chi connectivity index (χ4v) is 3.75. The number of nitrogens with zero attached hydrogens (tertiary/aromatic N) is 3. The maximum absolute atomic E-state index is 12.8. The lowest BCUT2D eigenvalue weighted by Crippen LogP contribution is -2.31. The first-order valence-electron chi connectivity index (χ1n) is 10.0. The summed E-state index contributed by atoms with van der Waals surface area (Å²) >= 11 is 0.963. The van der Waals surface area contributed by atoms with Crippen molar-refractivity contribution < 1.29 is 24.5 Å². The van der Waals surface area contributed by atoms with Crippen LogP contribution < -0.4 is 15.4 Å². The predicted molar refractivity (Wildman–Crippen MR) is 124 cm³/mol. The molecule has 0 radical (unpaired) electrons. The molecular formula is C22H24N4O5S. The summed E-state index contributed by atoms with van der Waals surface area (Å²) in [6.07, 6.45) is 3.33. The maximum Gasteiger partial charge on any atom is 0.247 e. The van der Waals surface area contributed by atoms with Crippen LogP contribution in [0.15, 0.2) is 52.7 Å². The van der Waals surface area contributed by atoms with Crippen molar-refractivity contribution in [3.63, 3.8) is 0 Å². The Bertz CT molecular complexity index is 1040. The van der Waals surface area contributed by atoms with Crippen molar-refractivity contribution in [3.8, 4) is 17.2 Å². The number of benzene rings is 2. The van der Waals surface area contributed by atoms with Crippen molar-refractivity contribution in [2.24, 2.45) is 15.9 Å². The smallest absolute Gasteiger partial charge is 0.247 e. The Morgan fingerprint density at radius 2 is 1.97 bits per heavy atom. The van der Waals surface area contributed by atoms with E-state index in [2.05, 4.69) is 17.1 Å². The van der Waals surface area contributed by atoms with Crippen LogP contribution in [-0.2, 0) is 9.59 Å². The van der Waals surface area contributed by atoms with E-state index in [1.54, 1.807) is 24.3 Å². The van der Waals surface area contributed by atoms with Gasteiger partial charge in [0.2, 0.25) is 11.8 Å².